The van der Waals surface area contributed by atoms with E-state index in [2.05, 4.69) is 38.2 Å². The molecule has 8 heteroatoms. The van der Waals surface area contributed by atoms with E-state index in [9.17, 15) is 4.79 Å². The first-order valence-electron chi connectivity index (χ1n) is 8.29. The van der Waals surface area contributed by atoms with Crippen LogP contribution in [0.25, 0.3) is 11.5 Å². The zero-order valence-corrected chi connectivity index (χ0v) is 13.7. The van der Waals surface area contributed by atoms with E-state index < -0.39 is 0 Å². The van der Waals surface area contributed by atoms with Gasteiger partial charge in [-0.05, 0) is 25.0 Å². The van der Waals surface area contributed by atoms with E-state index in [-0.39, 0.29) is 11.9 Å². The van der Waals surface area contributed by atoms with Crippen molar-refractivity contribution in [1.29, 1.82) is 0 Å². The molecule has 3 rings (SSSR count). The lowest BCUT2D eigenvalue weighted by Gasteiger charge is -2.09. The summed E-state index contributed by atoms with van der Waals surface area (Å²) < 4.78 is 5.19. The average molecular weight is 330 g/mol. The second-order valence-electron chi connectivity index (χ2n) is 5.83. The molecular formula is C16H22N6O2. The van der Waals surface area contributed by atoms with Gasteiger partial charge in [-0.1, -0.05) is 24.6 Å². The van der Waals surface area contributed by atoms with Crippen LogP contribution in [0.4, 0.5) is 0 Å². The molecule has 1 aliphatic rings. The summed E-state index contributed by atoms with van der Waals surface area (Å²) in [6.45, 7) is 2.60. The number of carbonyl (C=O) groups excluding carboxylic acids is 1. The number of nitrogens with zero attached hydrogens (tertiary/aromatic N) is 3. The maximum absolute atomic E-state index is 12.1. The largest absolute Gasteiger partial charge is 0.354 e. The topological polar surface area (TPSA) is 105 Å². The molecule has 3 N–H and O–H groups in total. The van der Waals surface area contributed by atoms with E-state index in [1.807, 2.05) is 18.2 Å². The van der Waals surface area contributed by atoms with Gasteiger partial charge >= 0.3 is 0 Å². The smallest absolute Gasteiger partial charge is 0.238 e. The Morgan fingerprint density at radius 1 is 1.42 bits per heavy atom. The molecular weight excluding hydrogens is 308 g/mol. The van der Waals surface area contributed by atoms with Gasteiger partial charge in [0.15, 0.2) is 0 Å². The standard InChI is InChI=1S/C16H22N6O2/c1-2-5-11-10-13(21-20-11)16(23)18-9-7-14-19-15(22-24-14)12-6-3-4-8-17-12/h3-4,6,8,11,13,20-21H,2,5,7,9-10H2,1H3,(H,18,23). The molecule has 0 saturated carbocycles. The van der Waals surface area contributed by atoms with E-state index >= 15 is 0 Å². The van der Waals surface area contributed by atoms with Crippen molar-refractivity contribution < 1.29 is 9.32 Å². The van der Waals surface area contributed by atoms with Gasteiger partial charge in [0.05, 0.1) is 0 Å². The molecule has 2 atom stereocenters. The lowest BCUT2D eigenvalue weighted by molar-refractivity contribution is -0.122. The van der Waals surface area contributed by atoms with Gasteiger partial charge in [-0.2, -0.15) is 4.98 Å². The molecule has 24 heavy (non-hydrogen) atoms. The van der Waals surface area contributed by atoms with Gasteiger partial charge in [-0.15, -0.1) is 0 Å². The van der Waals surface area contributed by atoms with Gasteiger partial charge in [0, 0.05) is 25.2 Å². The summed E-state index contributed by atoms with van der Waals surface area (Å²) in [5.74, 6) is 0.934. The number of hydrogen-bond donors (Lipinski definition) is 3. The molecule has 8 nitrogen and oxygen atoms in total. The van der Waals surface area contributed by atoms with Crippen LogP contribution in [-0.2, 0) is 11.2 Å². The normalized spacial score (nSPS) is 20.2. The predicted molar refractivity (Wildman–Crippen MR) is 87.6 cm³/mol. The molecule has 128 valence electrons. The Morgan fingerprint density at radius 2 is 2.33 bits per heavy atom. The molecule has 1 amide bonds. The molecule has 0 aliphatic carbocycles. The van der Waals surface area contributed by atoms with Crippen molar-refractivity contribution in [1.82, 2.24) is 31.3 Å². The maximum atomic E-state index is 12.1. The first-order chi connectivity index (χ1) is 11.8. The minimum atomic E-state index is -0.187. The van der Waals surface area contributed by atoms with Crippen molar-refractivity contribution in [2.24, 2.45) is 0 Å². The van der Waals surface area contributed by atoms with Crippen molar-refractivity contribution in [3.8, 4) is 11.5 Å². The molecule has 2 aromatic rings. The maximum Gasteiger partial charge on any atom is 0.238 e. The van der Waals surface area contributed by atoms with E-state index in [1.165, 1.54) is 0 Å². The number of rotatable bonds is 7. The highest BCUT2D eigenvalue weighted by Crippen LogP contribution is 2.12. The third-order valence-electron chi connectivity index (χ3n) is 3.94. The average Bonchev–Trinajstić information content (AvgIpc) is 3.26. The fourth-order valence-corrected chi connectivity index (χ4v) is 2.70. The lowest BCUT2D eigenvalue weighted by Crippen LogP contribution is -2.43. The third-order valence-corrected chi connectivity index (χ3v) is 3.94. The number of hydrazine groups is 1. The summed E-state index contributed by atoms with van der Waals surface area (Å²) in [4.78, 5) is 20.6. The van der Waals surface area contributed by atoms with Crippen LogP contribution >= 0.6 is 0 Å². The van der Waals surface area contributed by atoms with Crippen LogP contribution in [0.2, 0.25) is 0 Å². The van der Waals surface area contributed by atoms with Gasteiger partial charge in [-0.3, -0.25) is 15.2 Å². The highest BCUT2D eigenvalue weighted by atomic mass is 16.5. The number of aromatic nitrogens is 3. The van der Waals surface area contributed by atoms with Crippen LogP contribution in [0, 0.1) is 0 Å². The first kappa shape index (κ1) is 16.5. The number of carbonyl (C=O) groups is 1. The summed E-state index contributed by atoms with van der Waals surface area (Å²) in [6, 6.07) is 5.70. The Kier molecular flexibility index (Phi) is 5.50. The van der Waals surface area contributed by atoms with Gasteiger partial charge in [0.1, 0.15) is 11.7 Å². The SMILES string of the molecule is CCCC1CC(C(=O)NCCc2nc(-c3ccccn3)no2)NN1. The number of nitrogens with one attached hydrogen (secondary N) is 3. The summed E-state index contributed by atoms with van der Waals surface area (Å²) in [7, 11) is 0. The third kappa shape index (κ3) is 4.15. The zero-order valence-electron chi connectivity index (χ0n) is 13.7. The quantitative estimate of drug-likeness (QED) is 0.690. The fraction of sp³-hybridized carbons (Fsp3) is 0.500. The van der Waals surface area contributed by atoms with Crippen LogP contribution in [0.5, 0.6) is 0 Å². The predicted octanol–water partition coefficient (Wildman–Crippen LogP) is 0.826. The van der Waals surface area contributed by atoms with Crippen LogP contribution in [0.1, 0.15) is 32.1 Å². The summed E-state index contributed by atoms with van der Waals surface area (Å²) in [6.07, 6.45) is 5.15. The van der Waals surface area contributed by atoms with Gasteiger partial charge in [0.2, 0.25) is 17.6 Å². The van der Waals surface area contributed by atoms with Gasteiger partial charge in [0.25, 0.3) is 0 Å². The van der Waals surface area contributed by atoms with Crippen molar-refractivity contribution in [2.75, 3.05) is 6.54 Å². The van der Waals surface area contributed by atoms with Crippen LogP contribution in [0.15, 0.2) is 28.9 Å². The monoisotopic (exact) mass is 330 g/mol. The molecule has 0 radical (unpaired) electrons. The van der Waals surface area contributed by atoms with Gasteiger partial charge < -0.3 is 9.84 Å². The molecule has 2 aromatic heterocycles. The Hall–Kier alpha value is -2.32. The van der Waals surface area contributed by atoms with E-state index in [0.29, 0.717) is 36.4 Å². The van der Waals surface area contributed by atoms with Crippen molar-refractivity contribution in [3.05, 3.63) is 30.3 Å². The number of hydrogen-bond acceptors (Lipinski definition) is 7. The van der Waals surface area contributed by atoms with E-state index in [0.717, 1.165) is 19.3 Å². The summed E-state index contributed by atoms with van der Waals surface area (Å²) in [5, 5.41) is 6.81. The molecule has 1 aliphatic heterocycles. The zero-order chi connectivity index (χ0) is 16.8. The molecule has 0 aromatic carbocycles. The highest BCUT2D eigenvalue weighted by Gasteiger charge is 2.28. The van der Waals surface area contributed by atoms with Crippen LogP contribution < -0.4 is 16.2 Å². The number of pyridine rings is 1. The second-order valence-corrected chi connectivity index (χ2v) is 5.83. The Labute approximate surface area is 140 Å². The molecule has 0 spiro atoms. The van der Waals surface area contributed by atoms with Crippen molar-refractivity contribution in [2.45, 2.75) is 44.7 Å². The second kappa shape index (κ2) is 7.98. The first-order valence-corrected chi connectivity index (χ1v) is 8.29. The molecule has 3 heterocycles. The Bertz CT molecular complexity index is 660. The van der Waals surface area contributed by atoms with Crippen LogP contribution in [0.3, 0.4) is 0 Å². The van der Waals surface area contributed by atoms with E-state index in [4.69, 9.17) is 4.52 Å². The fourth-order valence-electron chi connectivity index (χ4n) is 2.70. The molecule has 2 unspecified atom stereocenters. The van der Waals surface area contributed by atoms with Crippen molar-refractivity contribution >= 4 is 5.91 Å². The Balaban J connectivity index is 1.44. The molecule has 0 bridgehead atoms. The minimum absolute atomic E-state index is 0.00873. The molecule has 1 saturated heterocycles. The lowest BCUT2D eigenvalue weighted by atomic mass is 10.1. The minimum Gasteiger partial charge on any atom is -0.354 e. The van der Waals surface area contributed by atoms with E-state index in [1.54, 1.807) is 6.20 Å². The Morgan fingerprint density at radius 3 is 3.12 bits per heavy atom. The summed E-state index contributed by atoms with van der Waals surface area (Å²) >= 11 is 0. The number of amides is 1. The highest BCUT2D eigenvalue weighted by molar-refractivity contribution is 5.82. The van der Waals surface area contributed by atoms with Crippen LogP contribution in [-0.4, -0.2) is 39.7 Å². The molecule has 1 fully saturated rings. The summed E-state index contributed by atoms with van der Waals surface area (Å²) in [5.41, 5.74) is 6.87. The van der Waals surface area contributed by atoms with Crippen molar-refractivity contribution in [3.63, 3.8) is 0 Å². The van der Waals surface area contributed by atoms with Gasteiger partial charge in [-0.25, -0.2) is 5.43 Å².